The number of hydrogen-bond donors (Lipinski definition) is 0. The van der Waals surface area contributed by atoms with Gasteiger partial charge in [0, 0.05) is 13.1 Å². The molecule has 0 aliphatic heterocycles. The maximum Gasteiger partial charge on any atom is 0.243 e. The lowest BCUT2D eigenvalue weighted by Gasteiger charge is -2.21. The molecule has 3 nitrogen and oxygen atoms in total. The highest BCUT2D eigenvalue weighted by Crippen LogP contribution is 2.22. The molecule has 0 unspecified atom stereocenters. The average Bonchev–Trinajstić information content (AvgIpc) is 3.00. The zero-order chi connectivity index (χ0) is 16.2. The molecule has 5 heteroatoms. The van der Waals surface area contributed by atoms with Crippen molar-refractivity contribution in [2.24, 2.45) is 0 Å². The van der Waals surface area contributed by atoms with Gasteiger partial charge in [-0.15, -0.1) is 0 Å². The van der Waals surface area contributed by atoms with Crippen LogP contribution in [0.5, 0.6) is 0 Å². The molecule has 0 saturated heterocycles. The van der Waals surface area contributed by atoms with Gasteiger partial charge in [0.05, 0.1) is 4.90 Å². The first-order chi connectivity index (χ1) is 10.4. The van der Waals surface area contributed by atoms with E-state index < -0.39 is 10.0 Å². The van der Waals surface area contributed by atoms with E-state index in [0.29, 0.717) is 23.9 Å². The summed E-state index contributed by atoms with van der Waals surface area (Å²) in [6.07, 6.45) is 0.799. The van der Waals surface area contributed by atoms with Crippen LogP contribution in [0.1, 0.15) is 44.2 Å². The van der Waals surface area contributed by atoms with Gasteiger partial charge in [0.2, 0.25) is 10.0 Å². The van der Waals surface area contributed by atoms with Crippen LogP contribution in [0.25, 0.3) is 0 Å². The third-order valence-electron chi connectivity index (χ3n) is 3.60. The standard InChI is InChI=1S/C17H23NO2S2/c1-4-10-18(12-15-9-11-21-13-15)22(19,20)17-7-5-16(6-8-17)14(2)3/h5-9,11,13-14H,4,10,12H2,1-3H3. The number of benzene rings is 1. The second kappa shape index (κ2) is 7.40. The second-order valence-corrected chi connectivity index (χ2v) is 8.41. The molecule has 0 N–H and O–H groups in total. The lowest BCUT2D eigenvalue weighted by atomic mass is 10.0. The van der Waals surface area contributed by atoms with Crippen LogP contribution in [0.4, 0.5) is 0 Å². The average molecular weight is 338 g/mol. The summed E-state index contributed by atoms with van der Waals surface area (Å²) in [6.45, 7) is 7.17. The molecule has 0 atom stereocenters. The molecule has 0 amide bonds. The highest BCUT2D eigenvalue weighted by molar-refractivity contribution is 7.89. The van der Waals surface area contributed by atoms with Crippen LogP contribution in [0, 0.1) is 0 Å². The Kier molecular flexibility index (Phi) is 5.78. The van der Waals surface area contributed by atoms with E-state index in [1.165, 1.54) is 0 Å². The zero-order valence-electron chi connectivity index (χ0n) is 13.3. The Morgan fingerprint density at radius 1 is 1.14 bits per heavy atom. The fourth-order valence-electron chi connectivity index (χ4n) is 2.29. The summed E-state index contributed by atoms with van der Waals surface area (Å²) in [5, 5.41) is 3.98. The van der Waals surface area contributed by atoms with Crippen molar-refractivity contribution in [1.29, 1.82) is 0 Å². The molecule has 1 aromatic heterocycles. The minimum atomic E-state index is -3.44. The molecule has 22 heavy (non-hydrogen) atoms. The summed E-state index contributed by atoms with van der Waals surface area (Å²) in [5.41, 5.74) is 2.19. The van der Waals surface area contributed by atoms with E-state index >= 15 is 0 Å². The van der Waals surface area contributed by atoms with Gasteiger partial charge in [-0.25, -0.2) is 8.42 Å². The summed E-state index contributed by atoms with van der Waals surface area (Å²) in [6, 6.07) is 9.24. The second-order valence-electron chi connectivity index (χ2n) is 5.69. The molecule has 120 valence electrons. The quantitative estimate of drug-likeness (QED) is 0.747. The number of thiophene rings is 1. The third kappa shape index (κ3) is 3.97. The molecule has 1 aromatic carbocycles. The molecule has 1 heterocycles. The van der Waals surface area contributed by atoms with Crippen molar-refractivity contribution in [3.8, 4) is 0 Å². The van der Waals surface area contributed by atoms with Crippen molar-refractivity contribution in [3.63, 3.8) is 0 Å². The van der Waals surface area contributed by atoms with Crippen LogP contribution < -0.4 is 0 Å². The van der Waals surface area contributed by atoms with Gasteiger partial charge in [-0.1, -0.05) is 32.9 Å². The van der Waals surface area contributed by atoms with E-state index in [-0.39, 0.29) is 0 Å². The molecule has 0 radical (unpaired) electrons. The molecular formula is C17H23NO2S2. The number of nitrogens with zero attached hydrogens (tertiary/aromatic N) is 1. The summed E-state index contributed by atoms with van der Waals surface area (Å²) < 4.78 is 27.3. The fourth-order valence-corrected chi connectivity index (χ4v) is 4.47. The molecule has 0 fully saturated rings. The van der Waals surface area contributed by atoms with Gasteiger partial charge < -0.3 is 0 Å². The molecule has 0 aliphatic rings. The van der Waals surface area contributed by atoms with Gasteiger partial charge >= 0.3 is 0 Å². The molecule has 0 bridgehead atoms. The summed E-state index contributed by atoms with van der Waals surface area (Å²) in [5.74, 6) is 0.398. The lowest BCUT2D eigenvalue weighted by molar-refractivity contribution is 0.406. The Hall–Kier alpha value is -1.17. The van der Waals surface area contributed by atoms with Crippen molar-refractivity contribution in [3.05, 3.63) is 52.2 Å². The van der Waals surface area contributed by atoms with Crippen LogP contribution >= 0.6 is 11.3 Å². The van der Waals surface area contributed by atoms with Gasteiger partial charge in [0.1, 0.15) is 0 Å². The largest absolute Gasteiger partial charge is 0.243 e. The molecule has 2 rings (SSSR count). The van der Waals surface area contributed by atoms with Gasteiger partial charge in [0.25, 0.3) is 0 Å². The SMILES string of the molecule is CCCN(Cc1ccsc1)S(=O)(=O)c1ccc(C(C)C)cc1. The van der Waals surface area contributed by atoms with Gasteiger partial charge in [-0.2, -0.15) is 15.6 Å². The van der Waals surface area contributed by atoms with Crippen molar-refractivity contribution < 1.29 is 8.42 Å². The van der Waals surface area contributed by atoms with Crippen molar-refractivity contribution in [1.82, 2.24) is 4.31 Å². The van der Waals surface area contributed by atoms with Crippen LogP contribution in [-0.2, 0) is 16.6 Å². The van der Waals surface area contributed by atoms with E-state index in [2.05, 4.69) is 13.8 Å². The Bertz CT molecular complexity index is 674. The maximum atomic E-state index is 12.9. The van der Waals surface area contributed by atoms with Crippen LogP contribution in [0.2, 0.25) is 0 Å². The first kappa shape index (κ1) is 17.2. The van der Waals surface area contributed by atoms with Crippen molar-refractivity contribution in [2.75, 3.05) is 6.54 Å². The molecule has 0 aliphatic carbocycles. The molecule has 2 aromatic rings. The van der Waals surface area contributed by atoms with Crippen LogP contribution in [0.15, 0.2) is 46.0 Å². The van der Waals surface area contributed by atoms with Crippen molar-refractivity contribution >= 4 is 21.4 Å². The molecule has 0 spiro atoms. The number of hydrogen-bond acceptors (Lipinski definition) is 3. The first-order valence-electron chi connectivity index (χ1n) is 7.56. The van der Waals surface area contributed by atoms with Gasteiger partial charge in [0.15, 0.2) is 0 Å². The van der Waals surface area contributed by atoms with Crippen LogP contribution in [0.3, 0.4) is 0 Å². The Morgan fingerprint density at radius 2 is 1.82 bits per heavy atom. The molecular weight excluding hydrogens is 314 g/mol. The summed E-state index contributed by atoms with van der Waals surface area (Å²) >= 11 is 1.59. The van der Waals surface area contributed by atoms with E-state index in [1.54, 1.807) is 27.8 Å². The predicted octanol–water partition coefficient (Wildman–Crippen LogP) is 4.47. The monoisotopic (exact) mass is 337 g/mol. The number of sulfonamides is 1. The normalized spacial score (nSPS) is 12.2. The maximum absolute atomic E-state index is 12.9. The Balaban J connectivity index is 2.27. The van der Waals surface area contributed by atoms with E-state index in [1.807, 2.05) is 35.9 Å². The predicted molar refractivity (Wildman–Crippen MR) is 92.7 cm³/mol. The minimum Gasteiger partial charge on any atom is -0.207 e. The zero-order valence-corrected chi connectivity index (χ0v) is 15.0. The Morgan fingerprint density at radius 3 is 2.32 bits per heavy atom. The first-order valence-corrected chi connectivity index (χ1v) is 9.94. The third-order valence-corrected chi connectivity index (χ3v) is 6.19. The Labute approximate surface area is 137 Å². The smallest absolute Gasteiger partial charge is 0.207 e. The highest BCUT2D eigenvalue weighted by atomic mass is 32.2. The van der Waals surface area contributed by atoms with E-state index in [0.717, 1.165) is 17.5 Å². The minimum absolute atomic E-state index is 0.376. The van der Waals surface area contributed by atoms with Gasteiger partial charge in [-0.3, -0.25) is 0 Å². The topological polar surface area (TPSA) is 37.4 Å². The van der Waals surface area contributed by atoms with E-state index in [4.69, 9.17) is 0 Å². The summed E-state index contributed by atoms with van der Waals surface area (Å²) in [7, 11) is -3.44. The summed E-state index contributed by atoms with van der Waals surface area (Å²) in [4.78, 5) is 0.376. The van der Waals surface area contributed by atoms with Crippen LogP contribution in [-0.4, -0.2) is 19.3 Å². The lowest BCUT2D eigenvalue weighted by Crippen LogP contribution is -2.31. The fraction of sp³-hybridized carbons (Fsp3) is 0.412. The van der Waals surface area contributed by atoms with Gasteiger partial charge in [-0.05, 0) is 52.4 Å². The van der Waals surface area contributed by atoms with Crippen molar-refractivity contribution in [2.45, 2.75) is 44.6 Å². The highest BCUT2D eigenvalue weighted by Gasteiger charge is 2.24. The van der Waals surface area contributed by atoms with E-state index in [9.17, 15) is 8.42 Å². The number of rotatable bonds is 7. The molecule has 0 saturated carbocycles.